The number of Topliss-reactive ketones (excluding diaryl/α,β-unsaturated/α-hetero) is 5. The van der Waals surface area contributed by atoms with Crippen LogP contribution in [0.1, 0.15) is 34.6 Å². The SMILES string of the molecule is CC(=O)C(O)[C@H]1OC(O)(C(C)=O)[C@](O)(C(C)=O)[C@](O)(C(C)=O)[C@@]1(O)C(C)=O. The van der Waals surface area contributed by atoms with Crippen molar-refractivity contribution in [1.29, 1.82) is 0 Å². The third-order valence-corrected chi connectivity index (χ3v) is 5.01. The molecule has 5 N–H and O–H groups in total. The van der Waals surface area contributed by atoms with Crippen molar-refractivity contribution in [2.75, 3.05) is 0 Å². The molecular weight excluding hydrogens is 368 g/mol. The number of carbonyl (C=O) groups excluding carboxylic acids is 5. The van der Waals surface area contributed by atoms with Crippen LogP contribution in [0.2, 0.25) is 0 Å². The predicted molar refractivity (Wildman–Crippen MR) is 84.1 cm³/mol. The van der Waals surface area contributed by atoms with Crippen LogP contribution in [-0.4, -0.2) is 89.2 Å². The minimum absolute atomic E-state index is 0.560. The van der Waals surface area contributed by atoms with Crippen molar-refractivity contribution >= 4 is 28.9 Å². The van der Waals surface area contributed by atoms with E-state index in [9.17, 15) is 49.5 Å². The van der Waals surface area contributed by atoms with Crippen LogP contribution in [0.5, 0.6) is 0 Å². The molecule has 0 spiro atoms. The second-order valence-corrected chi connectivity index (χ2v) is 6.65. The van der Waals surface area contributed by atoms with Crippen LogP contribution < -0.4 is 0 Å². The van der Waals surface area contributed by atoms with Crippen molar-refractivity contribution in [3.05, 3.63) is 0 Å². The molecule has 1 saturated heterocycles. The Balaban J connectivity index is 4.15. The van der Waals surface area contributed by atoms with E-state index in [1.165, 1.54) is 0 Å². The van der Waals surface area contributed by atoms with Crippen LogP contribution in [-0.2, 0) is 28.7 Å². The molecule has 11 heteroatoms. The Morgan fingerprint density at radius 2 is 1.15 bits per heavy atom. The highest BCUT2D eigenvalue weighted by Gasteiger charge is 2.84. The van der Waals surface area contributed by atoms with Gasteiger partial charge in [0.05, 0.1) is 0 Å². The molecule has 11 nitrogen and oxygen atoms in total. The number of hydrogen-bond donors (Lipinski definition) is 5. The molecule has 152 valence electrons. The lowest BCUT2D eigenvalue weighted by Gasteiger charge is -2.60. The summed E-state index contributed by atoms with van der Waals surface area (Å²) in [6.07, 6.45) is -5.00. The largest absolute Gasteiger partial charge is 0.382 e. The monoisotopic (exact) mass is 390 g/mol. The predicted octanol–water partition coefficient (Wildman–Crippen LogP) is -3.43. The molecule has 0 aromatic heterocycles. The van der Waals surface area contributed by atoms with Crippen molar-refractivity contribution in [2.45, 2.75) is 69.4 Å². The molecule has 27 heavy (non-hydrogen) atoms. The maximum atomic E-state index is 12.3. The van der Waals surface area contributed by atoms with Gasteiger partial charge in [-0.3, -0.25) is 24.0 Å². The minimum atomic E-state index is -3.85. The Kier molecular flexibility index (Phi) is 5.67. The van der Waals surface area contributed by atoms with Gasteiger partial charge in [-0.25, -0.2) is 0 Å². The zero-order valence-electron chi connectivity index (χ0n) is 15.3. The molecule has 1 rings (SSSR count). The van der Waals surface area contributed by atoms with Gasteiger partial charge in [0.15, 0.2) is 34.5 Å². The highest BCUT2D eigenvalue weighted by molar-refractivity contribution is 6.09. The Hall–Kier alpha value is -1.89. The number of ketones is 5. The molecule has 1 aliphatic heterocycles. The first-order valence-corrected chi connectivity index (χ1v) is 7.77. The average molecular weight is 390 g/mol. The summed E-state index contributed by atoms with van der Waals surface area (Å²) in [4.78, 5) is 60.3. The lowest BCUT2D eigenvalue weighted by atomic mass is 9.57. The molecular formula is C16H22O11. The smallest absolute Gasteiger partial charge is 0.267 e. The lowest BCUT2D eigenvalue weighted by Crippen LogP contribution is -2.91. The van der Waals surface area contributed by atoms with E-state index < -0.39 is 63.7 Å². The summed E-state index contributed by atoms with van der Waals surface area (Å²) < 4.78 is 4.84. The molecule has 0 bridgehead atoms. The first-order chi connectivity index (χ1) is 12.0. The second-order valence-electron chi connectivity index (χ2n) is 6.65. The number of aliphatic hydroxyl groups excluding tert-OH is 1. The molecule has 2 unspecified atom stereocenters. The number of aliphatic hydroxyl groups is 5. The maximum Gasteiger partial charge on any atom is 0.267 e. The first kappa shape index (κ1) is 23.1. The fourth-order valence-electron chi connectivity index (χ4n) is 3.40. The summed E-state index contributed by atoms with van der Waals surface area (Å²) in [5.74, 6) is -11.0. The maximum absolute atomic E-state index is 12.3. The van der Waals surface area contributed by atoms with Crippen LogP contribution in [0.25, 0.3) is 0 Å². The van der Waals surface area contributed by atoms with Crippen molar-refractivity contribution in [2.24, 2.45) is 0 Å². The summed E-state index contributed by atoms with van der Waals surface area (Å²) in [6, 6.07) is 0. The zero-order chi connectivity index (χ0) is 21.7. The molecule has 0 aliphatic carbocycles. The molecule has 1 aliphatic rings. The van der Waals surface area contributed by atoms with Gasteiger partial charge in [-0.1, -0.05) is 0 Å². The molecule has 6 atom stereocenters. The molecule has 0 radical (unpaired) electrons. The number of hydrogen-bond acceptors (Lipinski definition) is 11. The fraction of sp³-hybridized carbons (Fsp3) is 0.688. The standard InChI is InChI=1S/C16H22O11/c1-6(17)11(22)12-13(23,7(2)18)14(24,8(3)19)15(25,9(4)20)16(26,27-12)10(5)21/h11-12,22-26H,1-5H3/t11?,12-,13-,14+,15+,16?/m1/s1. The molecule has 0 aromatic rings. The number of ether oxygens (including phenoxy) is 1. The molecule has 1 fully saturated rings. The Morgan fingerprint density at radius 3 is 1.41 bits per heavy atom. The average Bonchev–Trinajstić information content (AvgIpc) is 2.54. The van der Waals surface area contributed by atoms with Gasteiger partial charge in [-0.2, -0.15) is 0 Å². The Labute approximate surface area is 153 Å². The van der Waals surface area contributed by atoms with E-state index >= 15 is 0 Å². The summed E-state index contributed by atoms with van der Waals surface area (Å²) in [6.45, 7) is 3.15. The van der Waals surface area contributed by atoms with Gasteiger partial charge >= 0.3 is 0 Å². The summed E-state index contributed by atoms with van der Waals surface area (Å²) in [5, 5.41) is 53.5. The van der Waals surface area contributed by atoms with Crippen molar-refractivity contribution in [3.63, 3.8) is 0 Å². The van der Waals surface area contributed by atoms with E-state index in [1.807, 2.05) is 0 Å². The van der Waals surface area contributed by atoms with Crippen LogP contribution in [0.15, 0.2) is 0 Å². The van der Waals surface area contributed by atoms with Gasteiger partial charge in [0.2, 0.25) is 11.2 Å². The van der Waals surface area contributed by atoms with Crippen LogP contribution in [0.4, 0.5) is 0 Å². The normalized spacial score (nSPS) is 40.1. The highest BCUT2D eigenvalue weighted by Crippen LogP contribution is 2.51. The van der Waals surface area contributed by atoms with Gasteiger partial charge < -0.3 is 30.3 Å². The molecule has 1 heterocycles. The number of carbonyl (C=O) groups is 5. The van der Waals surface area contributed by atoms with E-state index in [4.69, 9.17) is 4.74 Å². The summed E-state index contributed by atoms with van der Waals surface area (Å²) in [5.41, 5.74) is -11.3. The van der Waals surface area contributed by atoms with Crippen molar-refractivity contribution in [1.82, 2.24) is 0 Å². The third kappa shape index (κ3) is 2.54. The number of rotatable bonds is 6. The molecule has 0 aromatic carbocycles. The van der Waals surface area contributed by atoms with E-state index in [-0.39, 0.29) is 0 Å². The quantitative estimate of drug-likeness (QED) is 0.303. The molecule has 0 amide bonds. The van der Waals surface area contributed by atoms with Gasteiger partial charge in [-0.05, 0) is 27.7 Å². The first-order valence-electron chi connectivity index (χ1n) is 7.77. The van der Waals surface area contributed by atoms with E-state index in [0.29, 0.717) is 27.7 Å². The minimum Gasteiger partial charge on any atom is -0.382 e. The summed E-state index contributed by atoms with van der Waals surface area (Å²) >= 11 is 0. The Morgan fingerprint density at radius 1 is 0.741 bits per heavy atom. The van der Waals surface area contributed by atoms with Gasteiger partial charge in [0.25, 0.3) is 5.79 Å². The van der Waals surface area contributed by atoms with Crippen molar-refractivity contribution in [3.8, 4) is 0 Å². The summed E-state index contributed by atoms with van der Waals surface area (Å²) in [7, 11) is 0. The molecule has 0 saturated carbocycles. The van der Waals surface area contributed by atoms with E-state index in [1.54, 1.807) is 0 Å². The van der Waals surface area contributed by atoms with E-state index in [0.717, 1.165) is 6.92 Å². The van der Waals surface area contributed by atoms with Gasteiger partial charge in [0.1, 0.15) is 12.2 Å². The lowest BCUT2D eigenvalue weighted by molar-refractivity contribution is -0.394. The van der Waals surface area contributed by atoms with Crippen LogP contribution in [0, 0.1) is 0 Å². The van der Waals surface area contributed by atoms with Gasteiger partial charge in [0, 0.05) is 6.92 Å². The Bertz CT molecular complexity index is 730. The van der Waals surface area contributed by atoms with Crippen molar-refractivity contribution < 1.29 is 54.2 Å². The van der Waals surface area contributed by atoms with Crippen LogP contribution in [0.3, 0.4) is 0 Å². The third-order valence-electron chi connectivity index (χ3n) is 5.01. The second kappa shape index (κ2) is 6.62. The van der Waals surface area contributed by atoms with Gasteiger partial charge in [-0.15, -0.1) is 0 Å². The van der Waals surface area contributed by atoms with Crippen LogP contribution >= 0.6 is 0 Å². The van der Waals surface area contributed by atoms with E-state index in [2.05, 4.69) is 0 Å². The highest BCUT2D eigenvalue weighted by atomic mass is 16.7. The topological polar surface area (TPSA) is 196 Å². The fourth-order valence-corrected chi connectivity index (χ4v) is 3.40. The zero-order valence-corrected chi connectivity index (χ0v) is 15.3.